The maximum Gasteiger partial charge on any atom is 0.134 e. The molecule has 5 heteroatoms. The summed E-state index contributed by atoms with van der Waals surface area (Å²) in [5.41, 5.74) is 0. The zero-order valence-electron chi connectivity index (χ0n) is 10.7. The van der Waals surface area contributed by atoms with Crippen molar-refractivity contribution in [2.24, 2.45) is 0 Å². The molecule has 2 aliphatic heterocycles. The van der Waals surface area contributed by atoms with Crippen LogP contribution in [0.3, 0.4) is 0 Å². The number of fused-ring (bicyclic) bond motifs is 1. The van der Waals surface area contributed by atoms with Crippen molar-refractivity contribution < 1.29 is 0 Å². The number of halogens is 1. The van der Waals surface area contributed by atoms with E-state index in [1.165, 1.54) is 38.8 Å². The molecule has 0 amide bonds. The summed E-state index contributed by atoms with van der Waals surface area (Å²) >= 11 is 5.97. The van der Waals surface area contributed by atoms with E-state index in [0.29, 0.717) is 17.2 Å². The van der Waals surface area contributed by atoms with Crippen LogP contribution in [0.2, 0.25) is 5.15 Å². The second-order valence-corrected chi connectivity index (χ2v) is 5.65. The third-order valence-electron chi connectivity index (χ3n) is 4.00. The highest BCUT2D eigenvalue weighted by Crippen LogP contribution is 2.29. The van der Waals surface area contributed by atoms with Gasteiger partial charge in [0.15, 0.2) is 0 Å². The number of aromatic nitrogens is 2. The first kappa shape index (κ1) is 12.2. The first-order chi connectivity index (χ1) is 8.72. The maximum absolute atomic E-state index is 5.97. The summed E-state index contributed by atoms with van der Waals surface area (Å²) in [5, 5.41) is 4.06. The molecule has 3 heterocycles. The second kappa shape index (κ2) is 5.02. The summed E-state index contributed by atoms with van der Waals surface area (Å²) in [5.74, 6) is 1.59. The van der Waals surface area contributed by atoms with Crippen LogP contribution in [0.5, 0.6) is 0 Å². The van der Waals surface area contributed by atoms with Gasteiger partial charge in [-0.05, 0) is 32.7 Å². The molecule has 18 heavy (non-hydrogen) atoms. The molecule has 2 aliphatic rings. The largest absolute Gasteiger partial charge is 0.366 e. The fraction of sp³-hybridized carbons (Fsp3) is 0.692. The maximum atomic E-state index is 5.97. The molecule has 0 radical (unpaired) electrons. The fourth-order valence-electron chi connectivity index (χ4n) is 3.21. The Kier molecular flexibility index (Phi) is 3.39. The van der Waals surface area contributed by atoms with Gasteiger partial charge in [-0.25, -0.2) is 9.97 Å². The van der Waals surface area contributed by atoms with Crippen molar-refractivity contribution in [3.8, 4) is 0 Å². The van der Waals surface area contributed by atoms with Gasteiger partial charge in [-0.3, -0.25) is 4.90 Å². The van der Waals surface area contributed by atoms with E-state index in [1.54, 1.807) is 0 Å². The summed E-state index contributed by atoms with van der Waals surface area (Å²) in [4.78, 5) is 11.1. The average Bonchev–Trinajstić information content (AvgIpc) is 2.72. The average molecular weight is 267 g/mol. The van der Waals surface area contributed by atoms with Crippen molar-refractivity contribution in [1.29, 1.82) is 0 Å². The molecule has 0 aliphatic carbocycles. The zero-order chi connectivity index (χ0) is 12.5. The van der Waals surface area contributed by atoms with Crippen LogP contribution < -0.4 is 5.32 Å². The predicted octanol–water partition coefficient (Wildman–Crippen LogP) is 2.48. The molecule has 2 fully saturated rings. The van der Waals surface area contributed by atoms with Gasteiger partial charge < -0.3 is 5.32 Å². The molecule has 0 bridgehead atoms. The van der Waals surface area contributed by atoms with E-state index in [-0.39, 0.29) is 0 Å². The Morgan fingerprint density at radius 3 is 3.00 bits per heavy atom. The van der Waals surface area contributed by atoms with Gasteiger partial charge >= 0.3 is 0 Å². The number of rotatable bonds is 2. The summed E-state index contributed by atoms with van der Waals surface area (Å²) in [7, 11) is 0. The van der Waals surface area contributed by atoms with Crippen molar-refractivity contribution >= 4 is 17.4 Å². The number of anilines is 1. The lowest BCUT2D eigenvalue weighted by Crippen LogP contribution is -2.41. The lowest BCUT2D eigenvalue weighted by Gasteiger charge is -2.32. The van der Waals surface area contributed by atoms with Crippen LogP contribution in [0, 0.1) is 6.92 Å². The van der Waals surface area contributed by atoms with Gasteiger partial charge in [-0.1, -0.05) is 18.0 Å². The summed E-state index contributed by atoms with van der Waals surface area (Å²) in [6.45, 7) is 4.34. The van der Waals surface area contributed by atoms with Gasteiger partial charge in [0.05, 0.1) is 0 Å². The monoisotopic (exact) mass is 266 g/mol. The minimum atomic E-state index is 0.510. The van der Waals surface area contributed by atoms with Crippen LogP contribution in [-0.2, 0) is 0 Å². The Bertz CT molecular complexity index is 417. The van der Waals surface area contributed by atoms with Gasteiger partial charge in [0.2, 0.25) is 0 Å². The molecule has 3 rings (SSSR count). The van der Waals surface area contributed by atoms with Gasteiger partial charge in [0.25, 0.3) is 0 Å². The molecule has 2 unspecified atom stereocenters. The van der Waals surface area contributed by atoms with Gasteiger partial charge in [-0.15, -0.1) is 0 Å². The molecular formula is C13H19ClN4. The normalized spacial score (nSPS) is 28.1. The van der Waals surface area contributed by atoms with Crippen LogP contribution in [0.4, 0.5) is 5.82 Å². The van der Waals surface area contributed by atoms with Crippen LogP contribution in [-0.4, -0.2) is 40.0 Å². The topological polar surface area (TPSA) is 41.1 Å². The van der Waals surface area contributed by atoms with Crippen molar-refractivity contribution in [3.05, 3.63) is 17.0 Å². The smallest absolute Gasteiger partial charge is 0.134 e. The Hall–Kier alpha value is -0.870. The third kappa shape index (κ3) is 2.45. The predicted molar refractivity (Wildman–Crippen MR) is 73.0 cm³/mol. The molecule has 98 valence electrons. The molecule has 4 nitrogen and oxygen atoms in total. The van der Waals surface area contributed by atoms with E-state index in [4.69, 9.17) is 11.6 Å². The minimum Gasteiger partial charge on any atom is -0.366 e. The summed E-state index contributed by atoms with van der Waals surface area (Å²) in [6, 6.07) is 3.00. The van der Waals surface area contributed by atoms with Gasteiger partial charge in [0.1, 0.15) is 16.8 Å². The zero-order valence-corrected chi connectivity index (χ0v) is 11.5. The second-order valence-electron chi connectivity index (χ2n) is 5.26. The molecular weight excluding hydrogens is 248 g/mol. The van der Waals surface area contributed by atoms with Crippen LogP contribution in [0.25, 0.3) is 0 Å². The Morgan fingerprint density at radius 2 is 2.17 bits per heavy atom. The van der Waals surface area contributed by atoms with Crippen molar-refractivity contribution in [2.75, 3.05) is 18.4 Å². The number of piperidine rings is 1. The molecule has 1 aromatic rings. The van der Waals surface area contributed by atoms with Gasteiger partial charge in [0, 0.05) is 24.7 Å². The van der Waals surface area contributed by atoms with Crippen LogP contribution >= 0.6 is 11.6 Å². The van der Waals surface area contributed by atoms with E-state index in [2.05, 4.69) is 20.2 Å². The quantitative estimate of drug-likeness (QED) is 0.835. The van der Waals surface area contributed by atoms with Crippen molar-refractivity contribution in [1.82, 2.24) is 14.9 Å². The molecule has 0 aromatic carbocycles. The molecule has 1 aromatic heterocycles. The minimum absolute atomic E-state index is 0.510. The van der Waals surface area contributed by atoms with E-state index in [9.17, 15) is 0 Å². The Labute approximate surface area is 113 Å². The molecule has 1 N–H and O–H groups in total. The SMILES string of the molecule is Cc1nc(Cl)cc(NC2CCN3CCCCC23)n1. The first-order valence-corrected chi connectivity index (χ1v) is 7.12. The summed E-state index contributed by atoms with van der Waals surface area (Å²) in [6.07, 6.45) is 5.20. The highest BCUT2D eigenvalue weighted by Gasteiger charge is 2.35. The standard InChI is InChI=1S/C13H19ClN4/c1-9-15-12(14)8-13(16-9)17-10-5-7-18-6-3-2-4-11(10)18/h8,10-11H,2-7H2,1H3,(H,15,16,17). The number of hydrogen-bond donors (Lipinski definition) is 1. The number of hydrogen-bond acceptors (Lipinski definition) is 4. The Balaban J connectivity index is 1.72. The number of nitrogens with one attached hydrogen (secondary N) is 1. The third-order valence-corrected chi connectivity index (χ3v) is 4.19. The molecule has 2 saturated heterocycles. The lowest BCUT2D eigenvalue weighted by atomic mass is 9.99. The lowest BCUT2D eigenvalue weighted by molar-refractivity contribution is 0.192. The van der Waals surface area contributed by atoms with Crippen LogP contribution in [0.15, 0.2) is 6.07 Å². The summed E-state index contributed by atoms with van der Waals surface area (Å²) < 4.78 is 0. The van der Waals surface area contributed by atoms with Crippen molar-refractivity contribution in [3.63, 3.8) is 0 Å². The van der Waals surface area contributed by atoms with E-state index >= 15 is 0 Å². The van der Waals surface area contributed by atoms with Crippen LogP contribution in [0.1, 0.15) is 31.5 Å². The van der Waals surface area contributed by atoms with Crippen molar-refractivity contribution in [2.45, 2.75) is 44.7 Å². The molecule has 0 spiro atoms. The van der Waals surface area contributed by atoms with E-state index in [0.717, 1.165) is 11.6 Å². The highest BCUT2D eigenvalue weighted by atomic mass is 35.5. The Morgan fingerprint density at radius 1 is 1.28 bits per heavy atom. The van der Waals surface area contributed by atoms with Gasteiger partial charge in [-0.2, -0.15) is 0 Å². The molecule has 2 atom stereocenters. The van der Waals surface area contributed by atoms with E-state index in [1.807, 2.05) is 13.0 Å². The molecule has 0 saturated carbocycles. The fourth-order valence-corrected chi connectivity index (χ4v) is 3.44. The number of aryl methyl sites for hydroxylation is 1. The number of nitrogens with zero attached hydrogens (tertiary/aromatic N) is 3. The highest BCUT2D eigenvalue weighted by molar-refractivity contribution is 6.29. The first-order valence-electron chi connectivity index (χ1n) is 6.74. The van der Waals surface area contributed by atoms with E-state index < -0.39 is 0 Å².